The minimum Gasteiger partial charge on any atom is -0.479 e. The minimum atomic E-state index is -1.02. The molecule has 0 radical (unpaired) electrons. The molecule has 1 fully saturated rings. The fourth-order valence-electron chi connectivity index (χ4n) is 2.32. The zero-order valence-electron chi connectivity index (χ0n) is 10.3. The summed E-state index contributed by atoms with van der Waals surface area (Å²) in [6.45, 7) is 0. The molecule has 2 aromatic rings. The van der Waals surface area contributed by atoms with Crippen molar-refractivity contribution in [3.8, 4) is 11.4 Å². The Morgan fingerprint density at radius 1 is 1.45 bits per heavy atom. The van der Waals surface area contributed by atoms with Gasteiger partial charge >= 0.3 is 5.97 Å². The molecule has 1 aromatic carbocycles. The highest BCUT2D eigenvalue weighted by atomic mass is 127. The van der Waals surface area contributed by atoms with Gasteiger partial charge in [0.25, 0.3) is 0 Å². The number of nitrogens with zero attached hydrogens (tertiary/aromatic N) is 4. The Kier molecular flexibility index (Phi) is 3.41. The molecule has 104 valence electrons. The number of tetrazole rings is 1. The summed E-state index contributed by atoms with van der Waals surface area (Å²) >= 11 is 8.23. The zero-order chi connectivity index (χ0) is 14.3. The van der Waals surface area contributed by atoms with Crippen molar-refractivity contribution in [3.05, 3.63) is 26.8 Å². The largest absolute Gasteiger partial charge is 0.479 e. The van der Waals surface area contributed by atoms with Gasteiger partial charge in [-0.3, -0.25) is 0 Å². The fourth-order valence-corrected chi connectivity index (χ4v) is 2.83. The van der Waals surface area contributed by atoms with Gasteiger partial charge in [-0.2, -0.15) is 0 Å². The molecule has 0 spiro atoms. The van der Waals surface area contributed by atoms with E-state index in [1.165, 1.54) is 4.68 Å². The van der Waals surface area contributed by atoms with E-state index in [0.29, 0.717) is 29.3 Å². The second kappa shape index (κ2) is 4.96. The molecule has 1 aromatic heterocycles. The number of carbonyl (C=O) groups is 1. The van der Waals surface area contributed by atoms with Gasteiger partial charge in [0, 0.05) is 9.13 Å². The van der Waals surface area contributed by atoms with Crippen LogP contribution in [0.2, 0.25) is 5.02 Å². The van der Waals surface area contributed by atoms with E-state index in [4.69, 9.17) is 11.6 Å². The molecule has 1 aliphatic carbocycles. The van der Waals surface area contributed by atoms with E-state index in [2.05, 4.69) is 38.1 Å². The molecule has 0 amide bonds. The lowest BCUT2D eigenvalue weighted by Gasteiger charge is -2.37. The average Bonchev–Trinajstić information content (AvgIpc) is 2.80. The zero-order valence-corrected chi connectivity index (χ0v) is 13.2. The summed E-state index contributed by atoms with van der Waals surface area (Å²) in [5.41, 5.74) is -0.304. The standard InChI is InChI=1S/C12H10ClIN4O2/c13-8-6-7(2-3-9(8)14)10-15-16-17-18(10)12(11(19)20)4-1-5-12/h2-3,6H,1,4-5H2,(H,19,20). The smallest absolute Gasteiger partial charge is 0.331 e. The van der Waals surface area contributed by atoms with E-state index in [1.54, 1.807) is 6.07 Å². The molecule has 1 heterocycles. The number of hydrogen-bond acceptors (Lipinski definition) is 4. The van der Waals surface area contributed by atoms with E-state index in [9.17, 15) is 9.90 Å². The molecule has 0 unspecified atom stereocenters. The Hall–Kier alpha value is -1.22. The van der Waals surface area contributed by atoms with Crippen molar-refractivity contribution in [2.75, 3.05) is 0 Å². The van der Waals surface area contributed by atoms with E-state index in [-0.39, 0.29) is 0 Å². The number of benzene rings is 1. The Bertz CT molecular complexity index is 684. The predicted octanol–water partition coefficient (Wildman–Crippen LogP) is 2.56. The maximum Gasteiger partial charge on any atom is 0.331 e. The molecule has 8 heteroatoms. The van der Waals surface area contributed by atoms with Gasteiger partial charge in [0.05, 0.1) is 5.02 Å². The summed E-state index contributed by atoms with van der Waals surface area (Å²) in [5, 5.41) is 21.6. The summed E-state index contributed by atoms with van der Waals surface area (Å²) in [6.07, 6.45) is 1.94. The van der Waals surface area contributed by atoms with Crippen molar-refractivity contribution >= 4 is 40.2 Å². The average molecular weight is 405 g/mol. The minimum absolute atomic E-state index is 0.436. The number of rotatable bonds is 3. The lowest BCUT2D eigenvalue weighted by atomic mass is 9.76. The van der Waals surface area contributed by atoms with Crippen molar-refractivity contribution in [3.63, 3.8) is 0 Å². The summed E-state index contributed by atoms with van der Waals surface area (Å²) in [7, 11) is 0. The molecule has 3 rings (SSSR count). The molecule has 6 nitrogen and oxygen atoms in total. The van der Waals surface area contributed by atoms with Crippen molar-refractivity contribution in [2.45, 2.75) is 24.8 Å². The van der Waals surface area contributed by atoms with Gasteiger partial charge in [0.2, 0.25) is 0 Å². The quantitative estimate of drug-likeness (QED) is 0.795. The highest BCUT2D eigenvalue weighted by Gasteiger charge is 2.49. The number of halogens is 2. The Labute approximate surface area is 133 Å². The first-order chi connectivity index (χ1) is 9.54. The summed E-state index contributed by atoms with van der Waals surface area (Å²) in [4.78, 5) is 11.6. The van der Waals surface area contributed by atoms with Gasteiger partial charge < -0.3 is 5.11 Å². The predicted molar refractivity (Wildman–Crippen MR) is 80.4 cm³/mol. The van der Waals surface area contributed by atoms with E-state index >= 15 is 0 Å². The van der Waals surface area contributed by atoms with Crippen molar-refractivity contribution in [1.29, 1.82) is 0 Å². The van der Waals surface area contributed by atoms with Crippen LogP contribution in [0.4, 0.5) is 0 Å². The van der Waals surface area contributed by atoms with Gasteiger partial charge in [-0.15, -0.1) is 5.10 Å². The normalized spacial score (nSPS) is 16.7. The molecule has 1 aliphatic rings. The van der Waals surface area contributed by atoms with Crippen LogP contribution < -0.4 is 0 Å². The van der Waals surface area contributed by atoms with E-state index < -0.39 is 11.5 Å². The van der Waals surface area contributed by atoms with Crippen LogP contribution in [-0.2, 0) is 10.3 Å². The molecule has 0 atom stereocenters. The highest BCUT2D eigenvalue weighted by molar-refractivity contribution is 14.1. The highest BCUT2D eigenvalue weighted by Crippen LogP contribution is 2.41. The van der Waals surface area contributed by atoms with Crippen LogP contribution in [0, 0.1) is 3.57 Å². The van der Waals surface area contributed by atoms with Crippen LogP contribution in [0.25, 0.3) is 11.4 Å². The van der Waals surface area contributed by atoms with Crippen molar-refractivity contribution in [2.24, 2.45) is 0 Å². The van der Waals surface area contributed by atoms with Crippen LogP contribution >= 0.6 is 34.2 Å². The Morgan fingerprint density at radius 3 is 2.75 bits per heavy atom. The summed E-state index contributed by atoms with van der Waals surface area (Å²) < 4.78 is 2.33. The van der Waals surface area contributed by atoms with Crippen LogP contribution in [0.15, 0.2) is 18.2 Å². The molecule has 0 aliphatic heterocycles. The van der Waals surface area contributed by atoms with Crippen molar-refractivity contribution in [1.82, 2.24) is 20.2 Å². The SMILES string of the molecule is O=C(O)C1(n2nnnc2-c2ccc(I)c(Cl)c2)CCC1. The molecular weight excluding hydrogens is 395 g/mol. The number of aliphatic carboxylic acids is 1. The number of aromatic nitrogens is 4. The molecule has 1 N–H and O–H groups in total. The molecule has 0 saturated heterocycles. The fraction of sp³-hybridized carbons (Fsp3) is 0.333. The van der Waals surface area contributed by atoms with Crippen LogP contribution in [-0.4, -0.2) is 31.3 Å². The van der Waals surface area contributed by atoms with Crippen molar-refractivity contribution < 1.29 is 9.90 Å². The second-order valence-electron chi connectivity index (χ2n) is 4.73. The number of hydrogen-bond donors (Lipinski definition) is 1. The topological polar surface area (TPSA) is 80.9 Å². The Morgan fingerprint density at radius 2 is 2.20 bits per heavy atom. The third-order valence-corrected chi connectivity index (χ3v) is 5.20. The summed E-state index contributed by atoms with van der Waals surface area (Å²) in [6, 6.07) is 5.44. The first-order valence-corrected chi connectivity index (χ1v) is 7.48. The third-order valence-electron chi connectivity index (χ3n) is 3.63. The van der Waals surface area contributed by atoms with Gasteiger partial charge in [-0.1, -0.05) is 11.6 Å². The first kappa shape index (κ1) is 13.7. The Balaban J connectivity index is 2.10. The van der Waals surface area contributed by atoms with E-state index in [0.717, 1.165) is 9.99 Å². The monoisotopic (exact) mass is 404 g/mol. The molecular formula is C12H10ClIN4O2. The first-order valence-electron chi connectivity index (χ1n) is 6.02. The van der Waals surface area contributed by atoms with Gasteiger partial charge in [0.1, 0.15) is 0 Å². The van der Waals surface area contributed by atoms with Gasteiger partial charge in [-0.25, -0.2) is 9.48 Å². The van der Waals surface area contributed by atoms with Gasteiger partial charge in [0.15, 0.2) is 11.4 Å². The lowest BCUT2D eigenvalue weighted by Crippen LogP contribution is -2.48. The van der Waals surface area contributed by atoms with Crippen LogP contribution in [0.5, 0.6) is 0 Å². The third kappa shape index (κ3) is 1.99. The lowest BCUT2D eigenvalue weighted by molar-refractivity contribution is -0.153. The maximum absolute atomic E-state index is 11.6. The maximum atomic E-state index is 11.6. The van der Waals surface area contributed by atoms with Gasteiger partial charge in [-0.05, 0) is 70.5 Å². The molecule has 20 heavy (non-hydrogen) atoms. The molecule has 1 saturated carbocycles. The number of carboxylic acid groups (broad SMARTS) is 1. The van der Waals surface area contributed by atoms with Crippen LogP contribution in [0.1, 0.15) is 19.3 Å². The number of carboxylic acids is 1. The second-order valence-corrected chi connectivity index (χ2v) is 6.30. The van der Waals surface area contributed by atoms with E-state index in [1.807, 2.05) is 12.1 Å². The summed E-state index contributed by atoms with van der Waals surface area (Å²) in [5.74, 6) is -0.459. The van der Waals surface area contributed by atoms with Crippen LogP contribution in [0.3, 0.4) is 0 Å². The molecule has 0 bridgehead atoms.